The van der Waals surface area contributed by atoms with Crippen LogP contribution in [0.3, 0.4) is 0 Å². The monoisotopic (exact) mass is 1190 g/mol. The van der Waals surface area contributed by atoms with Gasteiger partial charge in [0.05, 0.1) is 40.3 Å². The Morgan fingerprint density at radius 2 is 0.643 bits per heavy atom. The molecule has 0 rings (SSSR count). The number of esters is 2. The normalized spacial score (nSPS) is 12.7. The van der Waals surface area contributed by atoms with E-state index in [1.165, 1.54) is 308 Å². The van der Waals surface area contributed by atoms with E-state index in [4.69, 9.17) is 18.9 Å². The van der Waals surface area contributed by atoms with E-state index in [1.54, 1.807) is 0 Å². The van der Waals surface area contributed by atoms with Crippen LogP contribution in [0.1, 0.15) is 380 Å². The molecule has 0 saturated heterocycles. The van der Waals surface area contributed by atoms with Crippen molar-refractivity contribution in [2.45, 2.75) is 392 Å². The number of unbranched alkanes of at least 4 members (excludes halogenated alkanes) is 51. The van der Waals surface area contributed by atoms with E-state index in [-0.39, 0.29) is 32.2 Å². The quantitative estimate of drug-likeness (QED) is 0.0195. The molecule has 84 heavy (non-hydrogen) atoms. The smallest absolute Gasteiger partial charge is 0.306 e. The fraction of sp³-hybridized carbons (Fsp3) is 0.907. The summed E-state index contributed by atoms with van der Waals surface area (Å²) in [7, 11) is 5.95. The van der Waals surface area contributed by atoms with Gasteiger partial charge in [-0.15, -0.1) is 0 Å². The van der Waals surface area contributed by atoms with Crippen molar-refractivity contribution in [2.24, 2.45) is 0 Å². The van der Waals surface area contributed by atoms with Crippen molar-refractivity contribution in [1.29, 1.82) is 0 Å². The number of allylic oxidation sites excluding steroid dienone is 4. The van der Waals surface area contributed by atoms with Crippen molar-refractivity contribution in [1.82, 2.24) is 0 Å². The van der Waals surface area contributed by atoms with Crippen LogP contribution in [-0.2, 0) is 33.3 Å². The Balaban J connectivity index is 3.97. The first-order chi connectivity index (χ1) is 41.1. The first-order valence-corrected chi connectivity index (χ1v) is 37.0. The molecule has 2 unspecified atom stereocenters. The van der Waals surface area contributed by atoms with Gasteiger partial charge in [-0.2, -0.15) is 0 Å². The third-order valence-corrected chi connectivity index (χ3v) is 17.0. The van der Waals surface area contributed by atoms with E-state index in [9.17, 15) is 19.5 Å². The number of nitrogens with zero attached hydrogens (tertiary/aromatic N) is 1. The van der Waals surface area contributed by atoms with Crippen molar-refractivity contribution >= 4 is 17.9 Å². The number of hydrogen-bond donors (Lipinski definition) is 0. The highest BCUT2D eigenvalue weighted by Gasteiger charge is 2.22. The molecule has 0 heterocycles. The van der Waals surface area contributed by atoms with Crippen LogP contribution in [0.4, 0.5) is 0 Å². The van der Waals surface area contributed by atoms with Crippen LogP contribution >= 0.6 is 0 Å². The lowest BCUT2D eigenvalue weighted by molar-refractivity contribution is -0.870. The summed E-state index contributed by atoms with van der Waals surface area (Å²) < 4.78 is 22.8. The molecule has 0 aliphatic rings. The largest absolute Gasteiger partial charge is 0.545 e. The van der Waals surface area contributed by atoms with Gasteiger partial charge in [0.2, 0.25) is 0 Å². The standard InChI is InChI=1S/C75H143NO8/c1-6-8-10-12-14-16-18-20-22-24-26-28-30-31-32-33-34-35-36-37-38-39-40-41-42-43-44-46-48-50-52-54-56-58-60-62-64-66-73(78)84-71(70-83-75(74(79)80)81-68-67-76(3,4)5)69-82-72(77)65-63-61-59-57-55-53-51-49-47-45-29-27-25-23-21-19-17-15-13-11-9-7-2/h18,20,24,26,71,75H,6-17,19,21-23,25,27-70H2,1-5H3/b20-18-,26-24-. The maximum atomic E-state index is 12.9. The van der Waals surface area contributed by atoms with Gasteiger partial charge in [0, 0.05) is 12.8 Å². The molecular weight excluding hydrogens is 1040 g/mol. The highest BCUT2D eigenvalue weighted by atomic mass is 16.7. The molecule has 0 fully saturated rings. The maximum absolute atomic E-state index is 12.9. The highest BCUT2D eigenvalue weighted by molar-refractivity contribution is 5.70. The lowest BCUT2D eigenvalue weighted by Crippen LogP contribution is -2.44. The molecule has 0 spiro atoms. The summed E-state index contributed by atoms with van der Waals surface area (Å²) in [4.78, 5) is 37.5. The minimum Gasteiger partial charge on any atom is -0.545 e. The van der Waals surface area contributed by atoms with Gasteiger partial charge in [-0.05, 0) is 44.9 Å². The van der Waals surface area contributed by atoms with Crippen LogP contribution in [0.25, 0.3) is 0 Å². The third-order valence-electron chi connectivity index (χ3n) is 17.0. The number of quaternary nitrogens is 1. The van der Waals surface area contributed by atoms with Crippen LogP contribution in [0.5, 0.6) is 0 Å². The second kappa shape index (κ2) is 66.7. The Morgan fingerprint density at radius 3 is 0.940 bits per heavy atom. The summed E-state index contributed by atoms with van der Waals surface area (Å²) in [6, 6.07) is 0. The first-order valence-electron chi connectivity index (χ1n) is 37.0. The summed E-state index contributed by atoms with van der Waals surface area (Å²) in [5, 5.41) is 11.8. The van der Waals surface area contributed by atoms with Gasteiger partial charge in [-0.25, -0.2) is 0 Å². The number of carbonyl (C=O) groups is 3. The fourth-order valence-corrected chi connectivity index (χ4v) is 11.3. The second-order valence-corrected chi connectivity index (χ2v) is 26.6. The summed E-state index contributed by atoms with van der Waals surface area (Å²) in [6.45, 7) is 4.82. The molecule has 2 atom stereocenters. The second-order valence-electron chi connectivity index (χ2n) is 26.6. The van der Waals surface area contributed by atoms with Crippen molar-refractivity contribution < 1.29 is 42.9 Å². The van der Waals surface area contributed by atoms with E-state index < -0.39 is 24.3 Å². The molecule has 0 saturated carbocycles. The molecule has 9 heteroatoms. The van der Waals surface area contributed by atoms with Crippen LogP contribution in [-0.4, -0.2) is 82.3 Å². The zero-order chi connectivity index (χ0) is 61.2. The average Bonchev–Trinajstić information content (AvgIpc) is 3.55. The third kappa shape index (κ3) is 67.3. The zero-order valence-electron chi connectivity index (χ0n) is 56.8. The molecule has 0 aliphatic heterocycles. The molecule has 0 aromatic rings. The van der Waals surface area contributed by atoms with E-state index in [0.29, 0.717) is 17.4 Å². The van der Waals surface area contributed by atoms with Crippen molar-refractivity contribution in [3.05, 3.63) is 24.3 Å². The molecule has 0 aromatic carbocycles. The van der Waals surface area contributed by atoms with Gasteiger partial charge in [0.15, 0.2) is 12.4 Å². The number of rotatable bonds is 70. The van der Waals surface area contributed by atoms with Crippen LogP contribution in [0, 0.1) is 0 Å². The Kier molecular flexibility index (Phi) is 64.9. The minimum absolute atomic E-state index is 0.152. The van der Waals surface area contributed by atoms with Crippen LogP contribution in [0.2, 0.25) is 0 Å². The summed E-state index contributed by atoms with van der Waals surface area (Å²) in [5.41, 5.74) is 0. The summed E-state index contributed by atoms with van der Waals surface area (Å²) >= 11 is 0. The fourth-order valence-electron chi connectivity index (χ4n) is 11.3. The lowest BCUT2D eigenvalue weighted by Gasteiger charge is -2.26. The number of carbonyl (C=O) groups excluding carboxylic acids is 3. The minimum atomic E-state index is -1.62. The van der Waals surface area contributed by atoms with Gasteiger partial charge >= 0.3 is 11.9 Å². The predicted molar refractivity (Wildman–Crippen MR) is 357 cm³/mol. The topological polar surface area (TPSA) is 111 Å². The Bertz CT molecular complexity index is 1430. The zero-order valence-corrected chi connectivity index (χ0v) is 56.8. The van der Waals surface area contributed by atoms with Gasteiger partial charge in [0.1, 0.15) is 13.2 Å². The Morgan fingerprint density at radius 1 is 0.357 bits per heavy atom. The first kappa shape index (κ1) is 81.8. The van der Waals surface area contributed by atoms with E-state index in [0.717, 1.165) is 44.9 Å². The number of aliphatic carboxylic acids is 1. The Hall–Kier alpha value is -2.23. The van der Waals surface area contributed by atoms with Crippen LogP contribution < -0.4 is 5.11 Å². The maximum Gasteiger partial charge on any atom is 0.306 e. The van der Waals surface area contributed by atoms with Crippen LogP contribution in [0.15, 0.2) is 24.3 Å². The highest BCUT2D eigenvalue weighted by Crippen LogP contribution is 2.19. The molecule has 0 amide bonds. The molecule has 0 bridgehead atoms. The summed E-state index contributed by atoms with van der Waals surface area (Å²) in [5.74, 6) is -2.25. The molecule has 0 aromatic heterocycles. The Labute approximate surface area is 522 Å². The number of carboxylic acids is 1. The number of likely N-dealkylation sites (N-methyl/N-ethyl adjacent to an activating group) is 1. The average molecular weight is 1190 g/mol. The molecular formula is C75H143NO8. The number of carboxylic acid groups (broad SMARTS) is 1. The molecule has 496 valence electrons. The number of hydrogen-bond acceptors (Lipinski definition) is 8. The molecule has 0 N–H and O–H groups in total. The summed E-state index contributed by atoms with van der Waals surface area (Å²) in [6.07, 6.45) is 80.0. The van der Waals surface area contributed by atoms with E-state index in [1.807, 2.05) is 21.1 Å². The van der Waals surface area contributed by atoms with E-state index >= 15 is 0 Å². The van der Waals surface area contributed by atoms with Gasteiger partial charge in [-0.3, -0.25) is 9.59 Å². The van der Waals surface area contributed by atoms with Gasteiger partial charge < -0.3 is 33.3 Å². The van der Waals surface area contributed by atoms with E-state index in [2.05, 4.69) is 38.2 Å². The van der Waals surface area contributed by atoms with Gasteiger partial charge in [-0.1, -0.05) is 346 Å². The number of ether oxygens (including phenoxy) is 4. The molecule has 0 aliphatic carbocycles. The molecule has 9 nitrogen and oxygen atoms in total. The lowest BCUT2D eigenvalue weighted by atomic mass is 10.0. The van der Waals surface area contributed by atoms with Crippen molar-refractivity contribution in [3.63, 3.8) is 0 Å². The van der Waals surface area contributed by atoms with Crippen molar-refractivity contribution in [2.75, 3.05) is 47.5 Å². The van der Waals surface area contributed by atoms with Crippen molar-refractivity contribution in [3.8, 4) is 0 Å². The SMILES string of the molecule is CCCCCCC/C=C\C/C=C\CCCCCCCCCCCCCCCCCCCCCCCCCCCC(=O)OC(COC(=O)CCCCCCCCCCCCCCCCCCCCCCCC)COC(OCC[N+](C)(C)C)C(=O)[O-]. The van der Waals surface area contributed by atoms with Gasteiger partial charge in [0.25, 0.3) is 0 Å². The predicted octanol–water partition coefficient (Wildman–Crippen LogP) is 21.6. The molecule has 0 radical (unpaired) electrons.